The number of halogens is 4. The number of aryl methyl sites for hydroxylation is 2. The Morgan fingerprint density at radius 1 is 1.23 bits per heavy atom. The second-order valence-electron chi connectivity index (χ2n) is 5.88. The van der Waals surface area contributed by atoms with Crippen LogP contribution in [0.3, 0.4) is 0 Å². The molecule has 0 saturated carbocycles. The maximum atomic E-state index is 12.3. The van der Waals surface area contributed by atoms with Gasteiger partial charge in [-0.1, -0.05) is 12.1 Å². The van der Waals surface area contributed by atoms with E-state index >= 15 is 0 Å². The van der Waals surface area contributed by atoms with Gasteiger partial charge in [-0.25, -0.2) is 0 Å². The Morgan fingerprint density at radius 3 is 2.31 bits per heavy atom. The fourth-order valence-electron chi connectivity index (χ4n) is 2.38. The molecule has 1 aromatic rings. The Kier molecular flexibility index (Phi) is 10.6. The molecule has 1 amide bonds. The Bertz CT molecular complexity index is 560. The molecule has 0 fully saturated rings. The van der Waals surface area contributed by atoms with Crippen LogP contribution >= 0.6 is 12.4 Å². The van der Waals surface area contributed by atoms with Gasteiger partial charge in [-0.05, 0) is 30.5 Å². The van der Waals surface area contributed by atoms with Gasteiger partial charge in [0.05, 0.1) is 13.2 Å². The number of likely N-dealkylation sites (N-methyl/N-ethyl adjacent to an activating group) is 1. The summed E-state index contributed by atoms with van der Waals surface area (Å²) in [5, 5.41) is 2.97. The smallest absolute Gasteiger partial charge is 0.422 e. The van der Waals surface area contributed by atoms with Crippen molar-refractivity contribution in [3.8, 4) is 5.75 Å². The monoisotopic (exact) mass is 398 g/mol. The zero-order valence-electron chi connectivity index (χ0n) is 15.4. The van der Waals surface area contributed by atoms with Crippen molar-refractivity contribution >= 4 is 18.3 Å². The van der Waals surface area contributed by atoms with Crippen molar-refractivity contribution in [1.82, 2.24) is 10.2 Å². The second-order valence-corrected chi connectivity index (χ2v) is 5.88. The van der Waals surface area contributed by atoms with E-state index in [1.807, 2.05) is 0 Å². The number of hydrogen-bond donors (Lipinski definition) is 1. The molecule has 0 spiro atoms. The molecule has 0 heterocycles. The van der Waals surface area contributed by atoms with Gasteiger partial charge in [-0.2, -0.15) is 13.2 Å². The molecule has 5 nitrogen and oxygen atoms in total. The minimum absolute atomic E-state index is 0. The second kappa shape index (κ2) is 11.3. The van der Waals surface area contributed by atoms with E-state index in [9.17, 15) is 18.0 Å². The maximum absolute atomic E-state index is 12.3. The van der Waals surface area contributed by atoms with Gasteiger partial charge in [0, 0.05) is 27.2 Å². The highest BCUT2D eigenvalue weighted by Crippen LogP contribution is 2.27. The van der Waals surface area contributed by atoms with Gasteiger partial charge < -0.3 is 19.7 Å². The number of amides is 1. The van der Waals surface area contributed by atoms with Gasteiger partial charge in [0.15, 0.2) is 6.61 Å². The first kappa shape index (κ1) is 24.5. The van der Waals surface area contributed by atoms with Crippen molar-refractivity contribution in [3.05, 3.63) is 28.8 Å². The summed E-state index contributed by atoms with van der Waals surface area (Å²) >= 11 is 0. The van der Waals surface area contributed by atoms with Crippen LogP contribution in [0.5, 0.6) is 5.75 Å². The van der Waals surface area contributed by atoms with E-state index in [4.69, 9.17) is 9.47 Å². The number of carbonyl (C=O) groups excluding carboxylic acids is 1. The molecule has 26 heavy (non-hydrogen) atoms. The lowest BCUT2D eigenvalue weighted by atomic mass is 10.1. The molecule has 150 valence electrons. The topological polar surface area (TPSA) is 50.8 Å². The number of hydrogen-bond acceptors (Lipinski definition) is 4. The van der Waals surface area contributed by atoms with Crippen LogP contribution in [0.4, 0.5) is 13.2 Å². The molecule has 0 aliphatic rings. The van der Waals surface area contributed by atoms with Crippen molar-refractivity contribution < 1.29 is 27.4 Å². The Hall–Kier alpha value is -1.51. The number of carbonyl (C=O) groups is 1. The fraction of sp³-hybridized carbons (Fsp3) is 0.588. The van der Waals surface area contributed by atoms with Crippen LogP contribution in [0.1, 0.15) is 16.7 Å². The molecule has 9 heteroatoms. The van der Waals surface area contributed by atoms with Crippen LogP contribution in [-0.4, -0.2) is 57.4 Å². The molecule has 0 bridgehead atoms. The van der Waals surface area contributed by atoms with E-state index in [-0.39, 0.29) is 30.6 Å². The van der Waals surface area contributed by atoms with Gasteiger partial charge in [0.2, 0.25) is 5.91 Å². The summed E-state index contributed by atoms with van der Waals surface area (Å²) < 4.78 is 46.7. The Balaban J connectivity index is 0.00000625. The number of methoxy groups -OCH3 is 1. The van der Waals surface area contributed by atoms with Crippen LogP contribution < -0.4 is 10.1 Å². The lowest BCUT2D eigenvalue weighted by Gasteiger charge is -2.20. The molecule has 0 saturated heterocycles. The predicted octanol–water partition coefficient (Wildman–Crippen LogP) is 2.86. The maximum Gasteiger partial charge on any atom is 0.422 e. The predicted molar refractivity (Wildman–Crippen MR) is 95.9 cm³/mol. The minimum atomic E-state index is -4.37. The van der Waals surface area contributed by atoms with E-state index < -0.39 is 12.8 Å². The summed E-state index contributed by atoms with van der Waals surface area (Å²) in [6.07, 6.45) is -4.37. The molecule has 0 radical (unpaired) electrons. The summed E-state index contributed by atoms with van der Waals surface area (Å²) in [6.45, 7) is 3.73. The molecule has 1 rings (SSSR count). The summed E-state index contributed by atoms with van der Waals surface area (Å²) in [5.41, 5.74) is 2.05. The van der Waals surface area contributed by atoms with Crippen LogP contribution in [0.25, 0.3) is 0 Å². The van der Waals surface area contributed by atoms with E-state index in [0.29, 0.717) is 30.8 Å². The van der Waals surface area contributed by atoms with Crippen LogP contribution in [0.2, 0.25) is 0 Å². The zero-order valence-corrected chi connectivity index (χ0v) is 16.2. The van der Waals surface area contributed by atoms with Crippen LogP contribution in [0, 0.1) is 13.8 Å². The number of alkyl halides is 3. The van der Waals surface area contributed by atoms with E-state index in [1.165, 1.54) is 0 Å². The van der Waals surface area contributed by atoms with Crippen LogP contribution in [-0.2, 0) is 16.1 Å². The van der Waals surface area contributed by atoms with Crippen LogP contribution in [0.15, 0.2) is 12.1 Å². The highest BCUT2D eigenvalue weighted by molar-refractivity contribution is 5.85. The van der Waals surface area contributed by atoms with Crippen molar-refractivity contribution in [2.24, 2.45) is 0 Å². The van der Waals surface area contributed by atoms with Gasteiger partial charge in [-0.3, -0.25) is 4.79 Å². The van der Waals surface area contributed by atoms with E-state index in [0.717, 1.165) is 5.56 Å². The highest BCUT2D eigenvalue weighted by Gasteiger charge is 2.29. The fourth-order valence-corrected chi connectivity index (χ4v) is 2.38. The van der Waals surface area contributed by atoms with Crippen molar-refractivity contribution in [3.63, 3.8) is 0 Å². The third-order valence-electron chi connectivity index (χ3n) is 3.50. The zero-order chi connectivity index (χ0) is 19.0. The van der Waals surface area contributed by atoms with Gasteiger partial charge in [0.25, 0.3) is 0 Å². The largest absolute Gasteiger partial charge is 0.484 e. The minimum Gasteiger partial charge on any atom is -0.484 e. The first-order valence-electron chi connectivity index (χ1n) is 7.87. The summed E-state index contributed by atoms with van der Waals surface area (Å²) in [4.78, 5) is 13.6. The van der Waals surface area contributed by atoms with Crippen molar-refractivity contribution in [1.29, 1.82) is 0 Å². The Morgan fingerprint density at radius 2 is 1.81 bits per heavy atom. The highest BCUT2D eigenvalue weighted by atomic mass is 35.5. The normalized spacial score (nSPS) is 11.0. The standard InChI is InChI=1S/C17H25F3N2O3.ClH/c1-12-7-14(8-13(2)16(12)25-11-17(18,19)20)10-22(3)15(23)9-21-5-6-24-4;/h7-8,21H,5-6,9-11H2,1-4H3;1H. The summed E-state index contributed by atoms with van der Waals surface area (Å²) in [5.74, 6) is 0.153. The quantitative estimate of drug-likeness (QED) is 0.650. The summed E-state index contributed by atoms with van der Waals surface area (Å²) in [7, 11) is 3.27. The number of ether oxygens (including phenoxy) is 2. The van der Waals surface area contributed by atoms with Gasteiger partial charge in [-0.15, -0.1) is 12.4 Å². The third-order valence-corrected chi connectivity index (χ3v) is 3.50. The molecule has 0 atom stereocenters. The van der Waals surface area contributed by atoms with Gasteiger partial charge in [0.1, 0.15) is 5.75 Å². The SMILES string of the molecule is COCCNCC(=O)N(C)Cc1cc(C)c(OCC(F)(F)F)c(C)c1.Cl. The summed E-state index contributed by atoms with van der Waals surface area (Å²) in [6, 6.07) is 3.47. The first-order chi connectivity index (χ1) is 11.6. The average Bonchev–Trinajstić information content (AvgIpc) is 2.49. The first-order valence-corrected chi connectivity index (χ1v) is 7.87. The lowest BCUT2D eigenvalue weighted by molar-refractivity contribution is -0.153. The molecular weight excluding hydrogens is 373 g/mol. The Labute approximate surface area is 158 Å². The van der Waals surface area contributed by atoms with Crippen molar-refractivity contribution in [2.45, 2.75) is 26.6 Å². The number of benzene rings is 1. The number of rotatable bonds is 9. The molecule has 1 N–H and O–H groups in total. The molecule has 0 aliphatic carbocycles. The molecule has 0 unspecified atom stereocenters. The van der Waals surface area contributed by atoms with E-state index in [2.05, 4.69) is 5.32 Å². The number of nitrogens with zero attached hydrogens (tertiary/aromatic N) is 1. The van der Waals surface area contributed by atoms with Gasteiger partial charge >= 0.3 is 6.18 Å². The molecular formula is C17H26ClF3N2O3. The molecule has 1 aromatic carbocycles. The van der Waals surface area contributed by atoms with E-state index in [1.54, 1.807) is 45.0 Å². The lowest BCUT2D eigenvalue weighted by Crippen LogP contribution is -2.36. The average molecular weight is 399 g/mol. The third kappa shape index (κ3) is 8.73. The van der Waals surface area contributed by atoms with Crippen molar-refractivity contribution in [2.75, 3.05) is 40.5 Å². The molecule has 0 aromatic heterocycles. The molecule has 0 aliphatic heterocycles. The number of nitrogens with one attached hydrogen (secondary N) is 1.